The van der Waals surface area contributed by atoms with Crippen LogP contribution in [0.2, 0.25) is 0 Å². The molecule has 0 N–H and O–H groups in total. The number of carbonyl (C=O) groups excluding carboxylic acids is 2. The number of hydrogen-bond acceptors (Lipinski definition) is 5. The van der Waals surface area contributed by atoms with Gasteiger partial charge in [-0.1, -0.05) is 11.3 Å². The standard InChI is InChI=1S/C19H17FN2O4S/c1-25-14-6-3-12(4-7-14)18(24)21-19-22(10-9-17(23)26-2)15-8-5-13(20)11-16(15)27-19/h3-8,11H,9-10H2,1-2H3. The Morgan fingerprint density at radius 1 is 1.15 bits per heavy atom. The lowest BCUT2D eigenvalue weighted by Gasteiger charge is -2.04. The zero-order valence-corrected chi connectivity index (χ0v) is 15.6. The average Bonchev–Trinajstić information content (AvgIpc) is 3.01. The molecule has 0 unspecified atom stereocenters. The Labute approximate surface area is 158 Å². The second kappa shape index (κ2) is 8.13. The third-order valence-electron chi connectivity index (χ3n) is 3.95. The highest BCUT2D eigenvalue weighted by molar-refractivity contribution is 7.16. The van der Waals surface area contributed by atoms with Gasteiger partial charge >= 0.3 is 5.97 Å². The fourth-order valence-corrected chi connectivity index (χ4v) is 3.62. The Bertz CT molecular complexity index is 1050. The molecule has 27 heavy (non-hydrogen) atoms. The molecular formula is C19H17FN2O4S. The first kappa shape index (κ1) is 18.8. The van der Waals surface area contributed by atoms with Crippen molar-refractivity contribution >= 4 is 33.4 Å². The van der Waals surface area contributed by atoms with E-state index in [0.717, 1.165) is 0 Å². The van der Waals surface area contributed by atoms with E-state index in [1.54, 1.807) is 42.0 Å². The van der Waals surface area contributed by atoms with Gasteiger partial charge in [-0.2, -0.15) is 4.99 Å². The number of ether oxygens (including phenoxy) is 2. The van der Waals surface area contributed by atoms with Crippen LogP contribution in [0.5, 0.6) is 5.75 Å². The fraction of sp³-hybridized carbons (Fsp3) is 0.211. The molecule has 0 fully saturated rings. The summed E-state index contributed by atoms with van der Waals surface area (Å²) >= 11 is 1.19. The van der Waals surface area contributed by atoms with Crippen LogP contribution in [0.3, 0.4) is 0 Å². The summed E-state index contributed by atoms with van der Waals surface area (Å²) in [7, 11) is 2.86. The van der Waals surface area contributed by atoms with E-state index in [1.807, 2.05) is 0 Å². The summed E-state index contributed by atoms with van der Waals surface area (Å²) in [6.45, 7) is 0.271. The number of aryl methyl sites for hydroxylation is 1. The molecule has 0 saturated heterocycles. The molecule has 1 amide bonds. The fourth-order valence-electron chi connectivity index (χ4n) is 2.54. The number of methoxy groups -OCH3 is 2. The molecule has 0 saturated carbocycles. The van der Waals surface area contributed by atoms with E-state index in [1.165, 1.54) is 30.6 Å². The number of amides is 1. The van der Waals surface area contributed by atoms with Crippen molar-refractivity contribution in [2.45, 2.75) is 13.0 Å². The molecule has 0 aliphatic carbocycles. The highest BCUT2D eigenvalue weighted by atomic mass is 32.1. The van der Waals surface area contributed by atoms with Crippen LogP contribution in [0, 0.1) is 5.82 Å². The molecule has 0 atom stereocenters. The molecule has 8 heteroatoms. The van der Waals surface area contributed by atoms with Crippen LogP contribution < -0.4 is 9.54 Å². The Balaban J connectivity index is 2.03. The Morgan fingerprint density at radius 3 is 2.56 bits per heavy atom. The van der Waals surface area contributed by atoms with Gasteiger partial charge in [-0.15, -0.1) is 0 Å². The van der Waals surface area contributed by atoms with E-state index >= 15 is 0 Å². The lowest BCUT2D eigenvalue weighted by Crippen LogP contribution is -2.19. The maximum atomic E-state index is 13.6. The van der Waals surface area contributed by atoms with Gasteiger partial charge in [0.15, 0.2) is 4.80 Å². The Hall–Kier alpha value is -3.00. The van der Waals surface area contributed by atoms with Crippen molar-refractivity contribution in [1.82, 2.24) is 4.57 Å². The molecule has 0 aliphatic rings. The first-order valence-electron chi connectivity index (χ1n) is 8.10. The van der Waals surface area contributed by atoms with Crippen LogP contribution in [0.15, 0.2) is 47.5 Å². The number of carbonyl (C=O) groups is 2. The minimum absolute atomic E-state index is 0.115. The third-order valence-corrected chi connectivity index (χ3v) is 4.99. The molecule has 0 bridgehead atoms. The van der Waals surface area contributed by atoms with E-state index < -0.39 is 5.91 Å². The van der Waals surface area contributed by atoms with Gasteiger partial charge in [0.1, 0.15) is 11.6 Å². The minimum atomic E-state index is -0.434. The maximum Gasteiger partial charge on any atom is 0.307 e. The van der Waals surface area contributed by atoms with Crippen molar-refractivity contribution < 1.29 is 23.5 Å². The second-order valence-corrected chi connectivity index (χ2v) is 6.63. The second-order valence-electron chi connectivity index (χ2n) is 5.62. The van der Waals surface area contributed by atoms with Crippen LogP contribution in [-0.4, -0.2) is 30.7 Å². The molecule has 140 valence electrons. The number of hydrogen-bond donors (Lipinski definition) is 0. The predicted octanol–water partition coefficient (Wildman–Crippen LogP) is 3.15. The molecule has 0 spiro atoms. The van der Waals surface area contributed by atoms with Gasteiger partial charge in [0.2, 0.25) is 0 Å². The summed E-state index contributed by atoms with van der Waals surface area (Å²) < 4.78 is 25.7. The summed E-state index contributed by atoms with van der Waals surface area (Å²) in [6, 6.07) is 10.9. The zero-order valence-electron chi connectivity index (χ0n) is 14.8. The summed E-state index contributed by atoms with van der Waals surface area (Å²) in [4.78, 5) is 28.6. The molecule has 0 aliphatic heterocycles. The normalized spacial score (nSPS) is 11.6. The van der Waals surface area contributed by atoms with Crippen molar-refractivity contribution in [2.24, 2.45) is 4.99 Å². The zero-order chi connectivity index (χ0) is 19.4. The number of benzene rings is 2. The Morgan fingerprint density at radius 2 is 1.89 bits per heavy atom. The Kier molecular flexibility index (Phi) is 5.66. The van der Waals surface area contributed by atoms with Crippen LogP contribution >= 0.6 is 11.3 Å². The van der Waals surface area contributed by atoms with Gasteiger partial charge in [0, 0.05) is 12.1 Å². The molecule has 3 rings (SSSR count). The topological polar surface area (TPSA) is 69.9 Å². The van der Waals surface area contributed by atoms with E-state index in [2.05, 4.69) is 9.73 Å². The first-order valence-corrected chi connectivity index (χ1v) is 8.92. The smallest absolute Gasteiger partial charge is 0.307 e. The van der Waals surface area contributed by atoms with E-state index in [4.69, 9.17) is 4.74 Å². The van der Waals surface area contributed by atoms with Crippen LogP contribution in [0.4, 0.5) is 4.39 Å². The van der Waals surface area contributed by atoms with Crippen molar-refractivity contribution in [1.29, 1.82) is 0 Å². The summed E-state index contributed by atoms with van der Waals surface area (Å²) in [5.41, 5.74) is 1.10. The molecular weight excluding hydrogens is 371 g/mol. The molecule has 6 nitrogen and oxygen atoms in total. The van der Waals surface area contributed by atoms with Gasteiger partial charge in [0.05, 0.1) is 30.9 Å². The molecule has 3 aromatic rings. The van der Waals surface area contributed by atoms with Crippen molar-refractivity contribution in [3.05, 3.63) is 58.6 Å². The van der Waals surface area contributed by atoms with Gasteiger partial charge in [-0.25, -0.2) is 4.39 Å². The SMILES string of the molecule is COC(=O)CCn1c(=NC(=O)c2ccc(OC)cc2)sc2cc(F)ccc21. The highest BCUT2D eigenvalue weighted by Gasteiger charge is 2.12. The van der Waals surface area contributed by atoms with Gasteiger partial charge in [-0.3, -0.25) is 9.59 Å². The van der Waals surface area contributed by atoms with Gasteiger partial charge in [0.25, 0.3) is 5.91 Å². The van der Waals surface area contributed by atoms with Crippen LogP contribution in [-0.2, 0) is 16.1 Å². The van der Waals surface area contributed by atoms with Gasteiger partial charge < -0.3 is 14.0 Å². The summed E-state index contributed by atoms with van der Waals surface area (Å²) in [5, 5.41) is 0. The molecule has 1 aromatic heterocycles. The lowest BCUT2D eigenvalue weighted by atomic mass is 10.2. The van der Waals surface area contributed by atoms with E-state index in [-0.39, 0.29) is 24.8 Å². The number of fused-ring (bicyclic) bond motifs is 1. The number of nitrogens with zero attached hydrogens (tertiary/aromatic N) is 2. The number of esters is 1. The highest BCUT2D eigenvalue weighted by Crippen LogP contribution is 2.19. The van der Waals surface area contributed by atoms with Crippen molar-refractivity contribution in [3.63, 3.8) is 0 Å². The number of halogens is 1. The maximum absolute atomic E-state index is 13.6. The van der Waals surface area contributed by atoms with E-state index in [9.17, 15) is 14.0 Å². The molecule has 0 radical (unpaired) electrons. The lowest BCUT2D eigenvalue weighted by molar-refractivity contribution is -0.140. The monoisotopic (exact) mass is 388 g/mol. The largest absolute Gasteiger partial charge is 0.497 e. The first-order chi connectivity index (χ1) is 13.0. The number of aromatic nitrogens is 1. The number of thiazole rings is 1. The van der Waals surface area contributed by atoms with Crippen LogP contribution in [0.25, 0.3) is 10.2 Å². The van der Waals surface area contributed by atoms with Crippen molar-refractivity contribution in [2.75, 3.05) is 14.2 Å². The summed E-state index contributed by atoms with van der Waals surface area (Å²) in [5.74, 6) is -0.554. The van der Waals surface area contributed by atoms with Gasteiger partial charge in [-0.05, 0) is 42.5 Å². The molecule has 2 aromatic carbocycles. The third kappa shape index (κ3) is 4.22. The van der Waals surface area contributed by atoms with Crippen LogP contribution in [0.1, 0.15) is 16.8 Å². The quantitative estimate of drug-likeness (QED) is 0.630. The molecule has 1 heterocycles. The van der Waals surface area contributed by atoms with Crippen molar-refractivity contribution in [3.8, 4) is 5.75 Å². The number of rotatable bonds is 5. The predicted molar refractivity (Wildman–Crippen MR) is 99.3 cm³/mol. The van der Waals surface area contributed by atoms with E-state index in [0.29, 0.717) is 26.3 Å². The minimum Gasteiger partial charge on any atom is -0.497 e. The summed E-state index contributed by atoms with van der Waals surface area (Å²) in [6.07, 6.45) is 0.115. The average molecular weight is 388 g/mol.